The highest BCUT2D eigenvalue weighted by Crippen LogP contribution is 2.28. The predicted octanol–water partition coefficient (Wildman–Crippen LogP) is 3.29. The SMILES string of the molecule is CCCN(c1cc(Br)ccc1C#N)C1CCCNC1. The molecule has 1 saturated heterocycles. The Morgan fingerprint density at radius 2 is 2.37 bits per heavy atom. The van der Waals surface area contributed by atoms with Gasteiger partial charge in [-0.25, -0.2) is 0 Å². The third kappa shape index (κ3) is 3.49. The summed E-state index contributed by atoms with van der Waals surface area (Å²) in [6, 6.07) is 8.72. The van der Waals surface area contributed by atoms with Crippen molar-refractivity contribution in [3.05, 3.63) is 28.2 Å². The second kappa shape index (κ2) is 6.93. The van der Waals surface area contributed by atoms with E-state index in [9.17, 15) is 5.26 Å². The molecule has 0 bridgehead atoms. The first-order valence-corrected chi connectivity index (χ1v) is 7.72. The van der Waals surface area contributed by atoms with Crippen LogP contribution in [-0.2, 0) is 0 Å². The molecule has 1 aromatic rings. The van der Waals surface area contributed by atoms with E-state index in [0.717, 1.165) is 41.8 Å². The highest BCUT2D eigenvalue weighted by molar-refractivity contribution is 9.10. The quantitative estimate of drug-likeness (QED) is 0.924. The summed E-state index contributed by atoms with van der Waals surface area (Å²) in [7, 11) is 0. The number of hydrogen-bond acceptors (Lipinski definition) is 3. The molecule has 0 radical (unpaired) electrons. The van der Waals surface area contributed by atoms with Gasteiger partial charge in [0.1, 0.15) is 6.07 Å². The molecule has 2 rings (SSSR count). The molecule has 1 aliphatic rings. The van der Waals surface area contributed by atoms with Crippen molar-refractivity contribution in [2.45, 2.75) is 32.2 Å². The van der Waals surface area contributed by atoms with Crippen LogP contribution >= 0.6 is 15.9 Å². The molecular weight excluding hydrogens is 302 g/mol. The third-order valence-electron chi connectivity index (χ3n) is 3.57. The molecule has 0 aromatic heterocycles. The maximum Gasteiger partial charge on any atom is 0.101 e. The summed E-state index contributed by atoms with van der Waals surface area (Å²) in [5.41, 5.74) is 1.83. The molecule has 0 saturated carbocycles. The van der Waals surface area contributed by atoms with Gasteiger partial charge in [0.05, 0.1) is 11.3 Å². The fraction of sp³-hybridized carbons (Fsp3) is 0.533. The van der Waals surface area contributed by atoms with Crippen molar-refractivity contribution in [3.63, 3.8) is 0 Å². The van der Waals surface area contributed by atoms with Crippen LogP contribution in [0.25, 0.3) is 0 Å². The van der Waals surface area contributed by atoms with Crippen LogP contribution in [0.4, 0.5) is 5.69 Å². The second-order valence-corrected chi connectivity index (χ2v) is 5.88. The van der Waals surface area contributed by atoms with Crippen LogP contribution < -0.4 is 10.2 Å². The number of hydrogen-bond donors (Lipinski definition) is 1. The fourth-order valence-corrected chi connectivity index (χ4v) is 3.03. The lowest BCUT2D eigenvalue weighted by Gasteiger charge is -2.37. The van der Waals surface area contributed by atoms with E-state index in [-0.39, 0.29) is 0 Å². The molecule has 1 atom stereocenters. The van der Waals surface area contributed by atoms with Gasteiger partial charge in [-0.05, 0) is 44.0 Å². The smallest absolute Gasteiger partial charge is 0.101 e. The summed E-state index contributed by atoms with van der Waals surface area (Å²) >= 11 is 3.52. The van der Waals surface area contributed by atoms with Gasteiger partial charge in [0.2, 0.25) is 0 Å². The first-order chi connectivity index (χ1) is 9.26. The zero-order valence-electron chi connectivity index (χ0n) is 11.3. The summed E-state index contributed by atoms with van der Waals surface area (Å²) in [6.45, 7) is 5.31. The molecule has 1 heterocycles. The Hall–Kier alpha value is -1.05. The molecular formula is C15H20BrN3. The number of nitriles is 1. The Balaban J connectivity index is 2.32. The Kier molecular flexibility index (Phi) is 5.24. The van der Waals surface area contributed by atoms with Gasteiger partial charge in [-0.1, -0.05) is 22.9 Å². The number of anilines is 1. The predicted molar refractivity (Wildman–Crippen MR) is 82.4 cm³/mol. The minimum atomic E-state index is 0.495. The van der Waals surface area contributed by atoms with Crippen molar-refractivity contribution in [1.29, 1.82) is 5.26 Å². The number of piperidine rings is 1. The third-order valence-corrected chi connectivity index (χ3v) is 4.06. The lowest BCUT2D eigenvalue weighted by atomic mass is 10.0. The molecule has 3 nitrogen and oxygen atoms in total. The standard InChI is InChI=1S/C15H20BrN3/c1-2-8-19(14-4-3-7-18-11-14)15-9-13(16)6-5-12(15)10-17/h5-6,9,14,18H,2-4,7-8,11H2,1H3. The van der Waals surface area contributed by atoms with E-state index in [0.29, 0.717) is 6.04 Å². The van der Waals surface area contributed by atoms with Gasteiger partial charge in [0.25, 0.3) is 0 Å². The molecule has 1 fully saturated rings. The van der Waals surface area contributed by atoms with Crippen LogP contribution in [0.3, 0.4) is 0 Å². The lowest BCUT2D eigenvalue weighted by Crippen LogP contribution is -2.46. The largest absolute Gasteiger partial charge is 0.366 e. The van der Waals surface area contributed by atoms with Crippen LogP contribution in [-0.4, -0.2) is 25.7 Å². The van der Waals surface area contributed by atoms with Gasteiger partial charge in [0.15, 0.2) is 0 Å². The van der Waals surface area contributed by atoms with Crippen molar-refractivity contribution in [3.8, 4) is 6.07 Å². The molecule has 0 amide bonds. The molecule has 1 unspecified atom stereocenters. The number of benzene rings is 1. The molecule has 1 N–H and O–H groups in total. The molecule has 0 spiro atoms. The van der Waals surface area contributed by atoms with E-state index in [4.69, 9.17) is 0 Å². The van der Waals surface area contributed by atoms with Gasteiger partial charge in [-0.15, -0.1) is 0 Å². The summed E-state index contributed by atoms with van der Waals surface area (Å²) < 4.78 is 1.03. The van der Waals surface area contributed by atoms with Crippen molar-refractivity contribution >= 4 is 21.6 Å². The average Bonchev–Trinajstić information content (AvgIpc) is 2.45. The van der Waals surface area contributed by atoms with Crippen LogP contribution in [0, 0.1) is 11.3 Å². The van der Waals surface area contributed by atoms with E-state index in [1.54, 1.807) is 0 Å². The van der Waals surface area contributed by atoms with Crippen LogP contribution in [0.15, 0.2) is 22.7 Å². The van der Waals surface area contributed by atoms with Crippen molar-refractivity contribution in [1.82, 2.24) is 5.32 Å². The van der Waals surface area contributed by atoms with Gasteiger partial charge in [0, 0.05) is 23.6 Å². The highest BCUT2D eigenvalue weighted by Gasteiger charge is 2.22. The fourth-order valence-electron chi connectivity index (χ4n) is 2.68. The van der Waals surface area contributed by atoms with E-state index < -0.39 is 0 Å². The topological polar surface area (TPSA) is 39.1 Å². The Labute approximate surface area is 123 Å². The minimum Gasteiger partial charge on any atom is -0.366 e. The minimum absolute atomic E-state index is 0.495. The molecule has 0 aliphatic carbocycles. The van der Waals surface area contributed by atoms with Crippen molar-refractivity contribution < 1.29 is 0 Å². The Morgan fingerprint density at radius 1 is 1.53 bits per heavy atom. The number of nitrogens with one attached hydrogen (secondary N) is 1. The first-order valence-electron chi connectivity index (χ1n) is 6.93. The Bertz CT molecular complexity index is 461. The van der Waals surface area contributed by atoms with Crippen molar-refractivity contribution in [2.75, 3.05) is 24.5 Å². The van der Waals surface area contributed by atoms with Gasteiger partial charge in [-0.3, -0.25) is 0 Å². The Morgan fingerprint density at radius 3 is 3.00 bits per heavy atom. The summed E-state index contributed by atoms with van der Waals surface area (Å²) in [4.78, 5) is 2.40. The maximum absolute atomic E-state index is 9.32. The molecule has 102 valence electrons. The number of nitrogens with zero attached hydrogens (tertiary/aromatic N) is 2. The highest BCUT2D eigenvalue weighted by atomic mass is 79.9. The molecule has 1 aromatic carbocycles. The zero-order valence-corrected chi connectivity index (χ0v) is 12.9. The summed E-state index contributed by atoms with van der Waals surface area (Å²) in [6.07, 6.45) is 3.50. The summed E-state index contributed by atoms with van der Waals surface area (Å²) in [5, 5.41) is 12.8. The van der Waals surface area contributed by atoms with Gasteiger partial charge >= 0.3 is 0 Å². The monoisotopic (exact) mass is 321 g/mol. The average molecular weight is 322 g/mol. The van der Waals surface area contributed by atoms with Gasteiger partial charge in [-0.2, -0.15) is 5.26 Å². The number of rotatable bonds is 4. The van der Waals surface area contributed by atoms with Crippen LogP contribution in [0.5, 0.6) is 0 Å². The maximum atomic E-state index is 9.32. The number of halogens is 1. The zero-order chi connectivity index (χ0) is 13.7. The van der Waals surface area contributed by atoms with E-state index >= 15 is 0 Å². The van der Waals surface area contributed by atoms with Crippen molar-refractivity contribution in [2.24, 2.45) is 0 Å². The van der Waals surface area contributed by atoms with E-state index in [1.807, 2.05) is 12.1 Å². The second-order valence-electron chi connectivity index (χ2n) is 4.97. The van der Waals surface area contributed by atoms with E-state index in [2.05, 4.69) is 45.2 Å². The van der Waals surface area contributed by atoms with E-state index in [1.165, 1.54) is 12.8 Å². The van der Waals surface area contributed by atoms with Crippen LogP contribution in [0.2, 0.25) is 0 Å². The molecule has 4 heteroatoms. The lowest BCUT2D eigenvalue weighted by molar-refractivity contribution is 0.430. The molecule has 19 heavy (non-hydrogen) atoms. The summed E-state index contributed by atoms with van der Waals surface area (Å²) in [5.74, 6) is 0. The van der Waals surface area contributed by atoms with Gasteiger partial charge < -0.3 is 10.2 Å². The normalized spacial score (nSPS) is 18.9. The first kappa shape index (κ1) is 14.4. The molecule has 1 aliphatic heterocycles. The van der Waals surface area contributed by atoms with Crippen LogP contribution in [0.1, 0.15) is 31.7 Å².